The van der Waals surface area contributed by atoms with E-state index in [9.17, 15) is 14.4 Å². The average Bonchev–Trinajstić information content (AvgIpc) is 2.67. The standard InChI is InChI=1S/C20H20ClN3O3/c1-2-23(13-14-7-3-5-9-16(14)21)18(25)11-12-24-17-10-6-4-8-15(17)19(26)22-20(24)27/h3-10H,2,11-13H2,1H3,(H,22,26,27). The summed E-state index contributed by atoms with van der Waals surface area (Å²) in [6, 6.07) is 14.3. The lowest BCUT2D eigenvalue weighted by atomic mass is 10.2. The highest BCUT2D eigenvalue weighted by Crippen LogP contribution is 2.17. The van der Waals surface area contributed by atoms with Gasteiger partial charge in [0.2, 0.25) is 5.91 Å². The van der Waals surface area contributed by atoms with Gasteiger partial charge in [-0.3, -0.25) is 19.1 Å². The fourth-order valence-corrected chi connectivity index (χ4v) is 3.23. The summed E-state index contributed by atoms with van der Waals surface area (Å²) in [6.07, 6.45) is 0.147. The molecule has 0 fully saturated rings. The summed E-state index contributed by atoms with van der Waals surface area (Å²) in [5.41, 5.74) is 0.460. The molecule has 0 unspecified atom stereocenters. The summed E-state index contributed by atoms with van der Waals surface area (Å²) in [5, 5.41) is 1.04. The van der Waals surface area contributed by atoms with Crippen LogP contribution in [0.1, 0.15) is 18.9 Å². The first-order valence-electron chi connectivity index (χ1n) is 8.74. The largest absolute Gasteiger partial charge is 0.339 e. The van der Waals surface area contributed by atoms with Gasteiger partial charge in [-0.1, -0.05) is 41.9 Å². The van der Waals surface area contributed by atoms with Crippen LogP contribution in [-0.4, -0.2) is 26.9 Å². The molecule has 2 aromatic carbocycles. The van der Waals surface area contributed by atoms with Crippen LogP contribution < -0.4 is 11.2 Å². The van der Waals surface area contributed by atoms with Crippen LogP contribution in [-0.2, 0) is 17.9 Å². The van der Waals surface area contributed by atoms with Crippen molar-refractivity contribution in [2.75, 3.05) is 6.54 Å². The molecule has 6 nitrogen and oxygen atoms in total. The molecule has 7 heteroatoms. The van der Waals surface area contributed by atoms with E-state index < -0.39 is 11.2 Å². The summed E-state index contributed by atoms with van der Waals surface area (Å²) in [7, 11) is 0. The average molecular weight is 386 g/mol. The summed E-state index contributed by atoms with van der Waals surface area (Å²) < 4.78 is 1.43. The molecular formula is C20H20ClN3O3. The first kappa shape index (κ1) is 18.9. The van der Waals surface area contributed by atoms with Gasteiger partial charge < -0.3 is 4.90 Å². The molecule has 0 saturated heterocycles. The molecule has 3 rings (SSSR count). The third kappa shape index (κ3) is 4.11. The zero-order valence-electron chi connectivity index (χ0n) is 14.9. The molecule has 1 amide bonds. The molecule has 0 saturated carbocycles. The van der Waals surface area contributed by atoms with E-state index in [-0.39, 0.29) is 18.9 Å². The topological polar surface area (TPSA) is 75.2 Å². The van der Waals surface area contributed by atoms with Gasteiger partial charge >= 0.3 is 5.69 Å². The summed E-state index contributed by atoms with van der Waals surface area (Å²) in [4.78, 5) is 40.8. The maximum Gasteiger partial charge on any atom is 0.328 e. The molecular weight excluding hydrogens is 366 g/mol. The lowest BCUT2D eigenvalue weighted by Gasteiger charge is -2.22. The third-order valence-corrected chi connectivity index (χ3v) is 4.88. The van der Waals surface area contributed by atoms with Crippen LogP contribution in [0.2, 0.25) is 5.02 Å². The Hall–Kier alpha value is -2.86. The van der Waals surface area contributed by atoms with E-state index in [1.807, 2.05) is 25.1 Å². The van der Waals surface area contributed by atoms with Gasteiger partial charge in [-0.25, -0.2) is 4.79 Å². The van der Waals surface area contributed by atoms with Gasteiger partial charge in [0.25, 0.3) is 5.56 Å². The van der Waals surface area contributed by atoms with Crippen LogP contribution in [0.15, 0.2) is 58.1 Å². The molecule has 140 valence electrons. The number of nitrogens with zero attached hydrogens (tertiary/aromatic N) is 2. The van der Waals surface area contributed by atoms with Crippen molar-refractivity contribution in [2.24, 2.45) is 0 Å². The van der Waals surface area contributed by atoms with Gasteiger partial charge in [0.15, 0.2) is 0 Å². The van der Waals surface area contributed by atoms with Crippen molar-refractivity contribution in [2.45, 2.75) is 26.4 Å². The lowest BCUT2D eigenvalue weighted by molar-refractivity contribution is -0.131. The molecule has 0 atom stereocenters. The highest BCUT2D eigenvalue weighted by Gasteiger charge is 2.15. The van der Waals surface area contributed by atoms with Crippen LogP contribution in [0.5, 0.6) is 0 Å². The molecule has 27 heavy (non-hydrogen) atoms. The first-order valence-corrected chi connectivity index (χ1v) is 9.12. The van der Waals surface area contributed by atoms with Gasteiger partial charge in [0.1, 0.15) is 0 Å². The Morgan fingerprint density at radius 2 is 1.81 bits per heavy atom. The number of H-pyrrole nitrogens is 1. The first-order chi connectivity index (χ1) is 13.0. The fourth-order valence-electron chi connectivity index (χ4n) is 3.04. The number of aryl methyl sites for hydroxylation is 1. The molecule has 3 aromatic rings. The van der Waals surface area contributed by atoms with E-state index in [4.69, 9.17) is 11.6 Å². The predicted molar refractivity (Wildman–Crippen MR) is 106 cm³/mol. The van der Waals surface area contributed by atoms with Gasteiger partial charge in [0, 0.05) is 31.1 Å². The molecule has 0 aliphatic rings. The smallest absolute Gasteiger partial charge is 0.328 e. The van der Waals surface area contributed by atoms with Crippen molar-refractivity contribution in [1.29, 1.82) is 0 Å². The molecule has 1 aromatic heterocycles. The molecule has 1 N–H and O–H groups in total. The Kier molecular flexibility index (Phi) is 5.76. The number of para-hydroxylation sites is 1. The van der Waals surface area contributed by atoms with Crippen molar-refractivity contribution in [3.63, 3.8) is 0 Å². The summed E-state index contributed by atoms with van der Waals surface area (Å²) in [6.45, 7) is 3.03. The minimum atomic E-state index is -0.513. The number of nitrogens with one attached hydrogen (secondary N) is 1. The number of aromatic amines is 1. The van der Waals surface area contributed by atoms with E-state index in [2.05, 4.69) is 4.98 Å². The van der Waals surface area contributed by atoms with Gasteiger partial charge in [0.05, 0.1) is 10.9 Å². The number of hydrogen-bond donors (Lipinski definition) is 1. The number of hydrogen-bond acceptors (Lipinski definition) is 3. The van der Waals surface area contributed by atoms with E-state index in [1.54, 1.807) is 35.2 Å². The number of rotatable bonds is 6. The number of aromatic nitrogens is 2. The number of carbonyl (C=O) groups is 1. The Bertz CT molecular complexity index is 1090. The molecule has 0 bridgehead atoms. The Balaban J connectivity index is 1.79. The molecule has 0 aliphatic carbocycles. The normalized spacial score (nSPS) is 10.9. The number of amides is 1. The van der Waals surface area contributed by atoms with E-state index in [0.717, 1.165) is 5.56 Å². The minimum Gasteiger partial charge on any atom is -0.339 e. The maximum absolute atomic E-state index is 12.7. The maximum atomic E-state index is 12.7. The highest BCUT2D eigenvalue weighted by atomic mass is 35.5. The van der Waals surface area contributed by atoms with E-state index >= 15 is 0 Å². The van der Waals surface area contributed by atoms with Crippen LogP contribution in [0.3, 0.4) is 0 Å². The quantitative estimate of drug-likeness (QED) is 0.709. The van der Waals surface area contributed by atoms with Crippen molar-refractivity contribution in [3.8, 4) is 0 Å². The zero-order valence-corrected chi connectivity index (χ0v) is 15.7. The Morgan fingerprint density at radius 3 is 2.56 bits per heavy atom. The number of carbonyl (C=O) groups excluding carboxylic acids is 1. The zero-order chi connectivity index (χ0) is 19.4. The van der Waals surface area contributed by atoms with Crippen LogP contribution >= 0.6 is 11.6 Å². The predicted octanol–water partition coefficient (Wildman–Crippen LogP) is 2.78. The monoisotopic (exact) mass is 385 g/mol. The SMILES string of the molecule is CCN(Cc1ccccc1Cl)C(=O)CCn1c(=O)[nH]c(=O)c2ccccc21. The van der Waals surface area contributed by atoms with Crippen LogP contribution in [0.4, 0.5) is 0 Å². The van der Waals surface area contributed by atoms with Crippen molar-refractivity contribution in [3.05, 3.63) is 80.0 Å². The lowest BCUT2D eigenvalue weighted by Crippen LogP contribution is -2.34. The molecule has 0 radical (unpaired) electrons. The number of benzene rings is 2. The van der Waals surface area contributed by atoms with E-state index in [0.29, 0.717) is 29.0 Å². The highest BCUT2D eigenvalue weighted by molar-refractivity contribution is 6.31. The van der Waals surface area contributed by atoms with Crippen LogP contribution in [0, 0.1) is 0 Å². The molecule has 1 heterocycles. The number of halogens is 1. The van der Waals surface area contributed by atoms with E-state index in [1.165, 1.54) is 4.57 Å². The van der Waals surface area contributed by atoms with Crippen molar-refractivity contribution >= 4 is 28.4 Å². The Labute approximate surface area is 161 Å². The second-order valence-corrected chi connectivity index (χ2v) is 6.58. The Morgan fingerprint density at radius 1 is 1.11 bits per heavy atom. The third-order valence-electron chi connectivity index (χ3n) is 4.51. The van der Waals surface area contributed by atoms with Gasteiger partial charge in [-0.15, -0.1) is 0 Å². The summed E-state index contributed by atoms with van der Waals surface area (Å²) in [5.74, 6) is -0.0837. The van der Waals surface area contributed by atoms with Gasteiger partial charge in [-0.2, -0.15) is 0 Å². The van der Waals surface area contributed by atoms with Crippen LogP contribution in [0.25, 0.3) is 10.9 Å². The van der Waals surface area contributed by atoms with Crippen molar-refractivity contribution in [1.82, 2.24) is 14.5 Å². The molecule has 0 spiro atoms. The van der Waals surface area contributed by atoms with Crippen molar-refractivity contribution < 1.29 is 4.79 Å². The second-order valence-electron chi connectivity index (χ2n) is 6.18. The van der Waals surface area contributed by atoms with Gasteiger partial charge in [-0.05, 0) is 30.7 Å². The fraction of sp³-hybridized carbons (Fsp3) is 0.250. The number of fused-ring (bicyclic) bond motifs is 1. The molecule has 0 aliphatic heterocycles. The second kappa shape index (κ2) is 8.22. The minimum absolute atomic E-state index is 0.0837. The summed E-state index contributed by atoms with van der Waals surface area (Å²) >= 11 is 6.19.